The predicted molar refractivity (Wildman–Crippen MR) is 130 cm³/mol. The van der Waals surface area contributed by atoms with E-state index in [1.807, 2.05) is 30.5 Å². The number of benzene rings is 2. The number of carboxylic acids is 1. The molecule has 1 aliphatic heterocycles. The SMILES string of the molecule is Cc1cc(/C=C2/SC(=O)N(CC(=O)Nc3ccccc3)C2=O)c(C)n1-c1ccc(C(=O)O)cc1. The molecule has 0 unspecified atom stereocenters. The molecule has 9 heteroatoms. The molecule has 4 rings (SSSR count). The minimum absolute atomic E-state index is 0.191. The highest BCUT2D eigenvalue weighted by Gasteiger charge is 2.36. The minimum Gasteiger partial charge on any atom is -0.478 e. The van der Waals surface area contributed by atoms with Crippen molar-refractivity contribution in [2.75, 3.05) is 11.9 Å². The van der Waals surface area contributed by atoms with Gasteiger partial charge in [0, 0.05) is 22.8 Å². The number of rotatable bonds is 6. The van der Waals surface area contributed by atoms with Crippen molar-refractivity contribution in [1.29, 1.82) is 0 Å². The smallest absolute Gasteiger partial charge is 0.335 e. The summed E-state index contributed by atoms with van der Waals surface area (Å²) in [5, 5.41) is 11.3. The van der Waals surface area contributed by atoms with Gasteiger partial charge in [0.1, 0.15) is 6.54 Å². The molecule has 3 amide bonds. The van der Waals surface area contributed by atoms with E-state index in [9.17, 15) is 19.2 Å². The number of carbonyl (C=O) groups is 4. The van der Waals surface area contributed by atoms with E-state index in [1.165, 1.54) is 12.1 Å². The van der Waals surface area contributed by atoms with Crippen LogP contribution in [0.1, 0.15) is 27.3 Å². The summed E-state index contributed by atoms with van der Waals surface area (Å²) >= 11 is 0.794. The second kappa shape index (κ2) is 9.40. The van der Waals surface area contributed by atoms with E-state index in [2.05, 4.69) is 5.32 Å². The van der Waals surface area contributed by atoms with Crippen LogP contribution in [0.25, 0.3) is 11.8 Å². The van der Waals surface area contributed by atoms with Gasteiger partial charge < -0.3 is 15.0 Å². The maximum atomic E-state index is 12.9. The molecular weight excluding hydrogens is 454 g/mol. The molecule has 2 heterocycles. The molecule has 0 aliphatic carbocycles. The molecule has 2 aromatic carbocycles. The predicted octanol–water partition coefficient (Wildman–Crippen LogP) is 4.47. The second-order valence-corrected chi connectivity index (χ2v) is 8.69. The van der Waals surface area contributed by atoms with Crippen LogP contribution in [0.3, 0.4) is 0 Å². The number of hydrogen-bond donors (Lipinski definition) is 2. The van der Waals surface area contributed by atoms with Crippen molar-refractivity contribution in [2.45, 2.75) is 13.8 Å². The number of thioether (sulfide) groups is 1. The molecule has 3 aromatic rings. The summed E-state index contributed by atoms with van der Waals surface area (Å²) in [6.45, 7) is 3.41. The molecular formula is C25H21N3O5S. The summed E-state index contributed by atoms with van der Waals surface area (Å²) in [4.78, 5) is 49.9. The van der Waals surface area contributed by atoms with Crippen LogP contribution in [0.15, 0.2) is 65.6 Å². The zero-order valence-electron chi connectivity index (χ0n) is 18.4. The van der Waals surface area contributed by atoms with E-state index in [0.717, 1.165) is 39.3 Å². The van der Waals surface area contributed by atoms with Gasteiger partial charge in [-0.05, 0) is 79.7 Å². The van der Waals surface area contributed by atoms with Crippen molar-refractivity contribution < 1.29 is 24.3 Å². The van der Waals surface area contributed by atoms with Gasteiger partial charge >= 0.3 is 5.97 Å². The molecule has 1 aromatic heterocycles. The Balaban J connectivity index is 1.53. The minimum atomic E-state index is -0.999. The Morgan fingerprint density at radius 3 is 2.35 bits per heavy atom. The third-order valence-corrected chi connectivity index (χ3v) is 6.27. The Hall–Kier alpha value is -4.11. The van der Waals surface area contributed by atoms with Crippen molar-refractivity contribution >= 4 is 46.5 Å². The first-order valence-corrected chi connectivity index (χ1v) is 11.2. The van der Waals surface area contributed by atoms with Gasteiger partial charge in [-0.3, -0.25) is 19.3 Å². The van der Waals surface area contributed by atoms with Gasteiger partial charge in [0.15, 0.2) is 0 Å². The molecule has 0 saturated carbocycles. The number of carbonyl (C=O) groups excluding carboxylic acids is 3. The first-order chi connectivity index (χ1) is 16.2. The summed E-state index contributed by atoms with van der Waals surface area (Å²) in [6, 6.07) is 17.2. The molecule has 0 atom stereocenters. The fraction of sp³-hybridized carbons (Fsp3) is 0.120. The molecule has 0 spiro atoms. The Morgan fingerprint density at radius 1 is 1.03 bits per heavy atom. The highest BCUT2D eigenvalue weighted by molar-refractivity contribution is 8.18. The maximum absolute atomic E-state index is 12.9. The first-order valence-electron chi connectivity index (χ1n) is 10.4. The lowest BCUT2D eigenvalue weighted by atomic mass is 10.2. The van der Waals surface area contributed by atoms with Crippen LogP contribution >= 0.6 is 11.8 Å². The Labute approximate surface area is 199 Å². The molecule has 172 valence electrons. The van der Waals surface area contributed by atoms with Crippen molar-refractivity contribution in [1.82, 2.24) is 9.47 Å². The highest BCUT2D eigenvalue weighted by Crippen LogP contribution is 2.33. The molecule has 34 heavy (non-hydrogen) atoms. The van der Waals surface area contributed by atoms with Crippen molar-refractivity contribution in [2.24, 2.45) is 0 Å². The zero-order valence-corrected chi connectivity index (χ0v) is 19.3. The maximum Gasteiger partial charge on any atom is 0.335 e. The summed E-state index contributed by atoms with van der Waals surface area (Å²) < 4.78 is 1.94. The average molecular weight is 476 g/mol. The number of anilines is 1. The Morgan fingerprint density at radius 2 is 1.71 bits per heavy atom. The molecule has 1 aliphatic rings. The number of nitrogens with zero attached hydrogens (tertiary/aromatic N) is 2. The fourth-order valence-corrected chi connectivity index (χ4v) is 4.56. The van der Waals surface area contributed by atoms with E-state index < -0.39 is 23.0 Å². The van der Waals surface area contributed by atoms with E-state index in [-0.39, 0.29) is 17.0 Å². The molecule has 0 bridgehead atoms. The Bertz CT molecular complexity index is 1330. The molecule has 2 N–H and O–H groups in total. The fourth-order valence-electron chi connectivity index (χ4n) is 3.73. The van der Waals surface area contributed by atoms with Gasteiger partial charge in [-0.25, -0.2) is 4.79 Å². The molecule has 1 fully saturated rings. The summed E-state index contributed by atoms with van der Waals surface area (Å²) in [5.41, 5.74) is 4.02. The van der Waals surface area contributed by atoms with Gasteiger partial charge in [0.05, 0.1) is 10.5 Å². The van der Waals surface area contributed by atoms with Crippen molar-refractivity contribution in [3.05, 3.63) is 88.1 Å². The number of para-hydroxylation sites is 1. The Kier molecular flexibility index (Phi) is 6.38. The molecule has 1 saturated heterocycles. The number of nitrogens with one attached hydrogen (secondary N) is 1. The number of amides is 3. The van der Waals surface area contributed by atoms with Gasteiger partial charge in [0.2, 0.25) is 5.91 Å². The van der Waals surface area contributed by atoms with Crippen molar-refractivity contribution in [3.8, 4) is 5.69 Å². The van der Waals surface area contributed by atoms with E-state index in [0.29, 0.717) is 5.69 Å². The lowest BCUT2D eigenvalue weighted by molar-refractivity contribution is -0.127. The third kappa shape index (κ3) is 4.65. The number of aromatic nitrogens is 1. The summed E-state index contributed by atoms with van der Waals surface area (Å²) in [6.07, 6.45) is 1.64. The lowest BCUT2D eigenvalue weighted by Gasteiger charge is -2.12. The van der Waals surface area contributed by atoms with E-state index >= 15 is 0 Å². The van der Waals surface area contributed by atoms with Crippen LogP contribution in [0, 0.1) is 13.8 Å². The number of carboxylic acid groups (broad SMARTS) is 1. The largest absolute Gasteiger partial charge is 0.478 e. The van der Waals surface area contributed by atoms with Crippen LogP contribution in [-0.4, -0.2) is 44.1 Å². The van der Waals surface area contributed by atoms with Gasteiger partial charge in [-0.2, -0.15) is 0 Å². The van der Waals surface area contributed by atoms with E-state index in [4.69, 9.17) is 5.11 Å². The lowest BCUT2D eigenvalue weighted by Crippen LogP contribution is -2.36. The van der Waals surface area contributed by atoms with Gasteiger partial charge in [-0.15, -0.1) is 0 Å². The van der Waals surface area contributed by atoms with Crippen LogP contribution in [0.5, 0.6) is 0 Å². The third-order valence-electron chi connectivity index (χ3n) is 5.36. The van der Waals surface area contributed by atoms with E-state index in [1.54, 1.807) is 42.5 Å². The normalized spacial score (nSPS) is 14.6. The van der Waals surface area contributed by atoms with Gasteiger partial charge in [-0.1, -0.05) is 18.2 Å². The van der Waals surface area contributed by atoms with Crippen LogP contribution in [0.2, 0.25) is 0 Å². The standard InChI is InChI=1S/C25H21N3O5S/c1-15-12-18(16(2)28(15)20-10-8-17(9-11-20)24(31)32)13-21-23(30)27(25(33)34-21)14-22(29)26-19-6-4-3-5-7-19/h3-13H,14H2,1-2H3,(H,26,29)(H,31,32)/b21-13+. The number of hydrogen-bond acceptors (Lipinski definition) is 5. The molecule has 0 radical (unpaired) electrons. The first kappa shape index (κ1) is 23.1. The average Bonchev–Trinajstić information content (AvgIpc) is 3.23. The number of imide groups is 1. The van der Waals surface area contributed by atoms with Crippen molar-refractivity contribution in [3.63, 3.8) is 0 Å². The summed E-state index contributed by atoms with van der Waals surface area (Å²) in [7, 11) is 0. The highest BCUT2D eigenvalue weighted by atomic mass is 32.2. The van der Waals surface area contributed by atoms with Gasteiger partial charge in [0.25, 0.3) is 11.1 Å². The second-order valence-electron chi connectivity index (χ2n) is 7.70. The zero-order chi connectivity index (χ0) is 24.4. The summed E-state index contributed by atoms with van der Waals surface area (Å²) in [5.74, 6) is -1.98. The quantitative estimate of drug-likeness (QED) is 0.510. The number of aryl methyl sites for hydroxylation is 1. The van der Waals surface area contributed by atoms with Crippen LogP contribution in [-0.2, 0) is 9.59 Å². The van der Waals surface area contributed by atoms with Crippen LogP contribution in [0.4, 0.5) is 10.5 Å². The molecule has 8 nitrogen and oxygen atoms in total. The number of aromatic carboxylic acids is 1. The topological polar surface area (TPSA) is 109 Å². The monoisotopic (exact) mass is 475 g/mol. The van der Waals surface area contributed by atoms with Crippen LogP contribution < -0.4 is 5.32 Å².